The average Bonchev–Trinajstić information content (AvgIpc) is 2.79. The summed E-state index contributed by atoms with van der Waals surface area (Å²) in [4.78, 5) is 37.8. The summed E-state index contributed by atoms with van der Waals surface area (Å²) in [5.41, 5.74) is 2.97. The quantitative estimate of drug-likeness (QED) is 0.488. The van der Waals surface area contributed by atoms with Crippen LogP contribution in [0.2, 0.25) is 0 Å². The van der Waals surface area contributed by atoms with Gasteiger partial charge in [-0.3, -0.25) is 14.9 Å². The highest BCUT2D eigenvalue weighted by Crippen LogP contribution is 2.29. The van der Waals surface area contributed by atoms with Gasteiger partial charge in [0.2, 0.25) is 0 Å². The van der Waals surface area contributed by atoms with Crippen molar-refractivity contribution in [1.29, 1.82) is 0 Å². The highest BCUT2D eigenvalue weighted by molar-refractivity contribution is 6.06. The summed E-state index contributed by atoms with van der Waals surface area (Å²) in [5, 5.41) is 19.0. The van der Waals surface area contributed by atoms with Gasteiger partial charge in [0.05, 0.1) is 29.8 Å². The van der Waals surface area contributed by atoms with Crippen LogP contribution in [0.3, 0.4) is 0 Å². The molecule has 0 radical (unpaired) electrons. The minimum Gasteiger partial charge on any atom is -0.378 e. The molecule has 10 heteroatoms. The van der Waals surface area contributed by atoms with Crippen molar-refractivity contribution in [3.63, 3.8) is 0 Å². The van der Waals surface area contributed by atoms with Crippen LogP contribution in [-0.4, -0.2) is 43.2 Å². The number of non-ortho nitro benzene ring substituents is 1. The molecule has 166 valence electrons. The first-order chi connectivity index (χ1) is 15.4. The summed E-state index contributed by atoms with van der Waals surface area (Å²) in [6.45, 7) is 4.65. The lowest BCUT2D eigenvalue weighted by Crippen LogP contribution is -2.46. The Morgan fingerprint density at radius 1 is 1.12 bits per heavy atom. The number of nitro groups is 1. The van der Waals surface area contributed by atoms with Crippen LogP contribution >= 0.6 is 0 Å². The molecule has 1 saturated heterocycles. The summed E-state index contributed by atoms with van der Waals surface area (Å²) in [6.07, 6.45) is 0. The van der Waals surface area contributed by atoms with Gasteiger partial charge in [-0.25, -0.2) is 4.79 Å². The Labute approximate surface area is 184 Å². The van der Waals surface area contributed by atoms with E-state index in [1.807, 2.05) is 24.3 Å². The Morgan fingerprint density at radius 3 is 2.41 bits per heavy atom. The number of hydrogen-bond donors (Lipinski definition) is 3. The number of urea groups is 1. The molecule has 0 aromatic heterocycles. The molecule has 0 saturated carbocycles. The van der Waals surface area contributed by atoms with Crippen LogP contribution < -0.4 is 20.9 Å². The van der Waals surface area contributed by atoms with Crippen molar-refractivity contribution in [1.82, 2.24) is 10.6 Å². The number of anilines is 2. The molecule has 0 unspecified atom stereocenters. The molecule has 10 nitrogen and oxygen atoms in total. The maximum Gasteiger partial charge on any atom is 0.319 e. The zero-order valence-electron chi connectivity index (χ0n) is 17.5. The molecule has 2 aromatic rings. The maximum absolute atomic E-state index is 13.1. The van der Waals surface area contributed by atoms with Gasteiger partial charge in [0.1, 0.15) is 0 Å². The third-order valence-corrected chi connectivity index (χ3v) is 5.45. The van der Waals surface area contributed by atoms with Crippen molar-refractivity contribution in [2.45, 2.75) is 13.0 Å². The number of ether oxygens (including phenoxy) is 1. The second kappa shape index (κ2) is 9.06. The van der Waals surface area contributed by atoms with Gasteiger partial charge in [-0.1, -0.05) is 12.1 Å². The van der Waals surface area contributed by atoms with E-state index in [2.05, 4.69) is 20.9 Å². The number of nitro benzene ring substituents is 1. The van der Waals surface area contributed by atoms with Crippen molar-refractivity contribution < 1.29 is 19.2 Å². The van der Waals surface area contributed by atoms with Gasteiger partial charge < -0.3 is 25.6 Å². The van der Waals surface area contributed by atoms with E-state index < -0.39 is 22.9 Å². The summed E-state index contributed by atoms with van der Waals surface area (Å²) in [5.74, 6) is -0.411. The Morgan fingerprint density at radius 2 is 1.78 bits per heavy atom. The predicted octanol–water partition coefficient (Wildman–Crippen LogP) is 2.70. The van der Waals surface area contributed by atoms with Crippen LogP contribution in [0, 0.1) is 10.1 Å². The average molecular weight is 437 g/mol. The second-order valence-corrected chi connectivity index (χ2v) is 7.52. The fraction of sp³-hybridized carbons (Fsp3) is 0.273. The normalized spacial score (nSPS) is 18.6. The first kappa shape index (κ1) is 21.3. The Balaban J connectivity index is 1.56. The molecule has 4 rings (SSSR count). The number of benzene rings is 2. The number of rotatable bonds is 5. The molecular formula is C22H23N5O5. The molecular weight excluding hydrogens is 414 g/mol. The Bertz CT molecular complexity index is 1060. The van der Waals surface area contributed by atoms with Gasteiger partial charge in [0.25, 0.3) is 11.6 Å². The lowest BCUT2D eigenvalue weighted by atomic mass is 9.94. The van der Waals surface area contributed by atoms with Crippen LogP contribution in [0.25, 0.3) is 0 Å². The molecule has 2 aliphatic heterocycles. The molecule has 2 aromatic carbocycles. The van der Waals surface area contributed by atoms with Crippen molar-refractivity contribution in [2.75, 3.05) is 36.5 Å². The maximum atomic E-state index is 13.1. The van der Waals surface area contributed by atoms with Gasteiger partial charge in [-0.05, 0) is 36.8 Å². The Hall–Kier alpha value is -3.92. The summed E-state index contributed by atoms with van der Waals surface area (Å²) >= 11 is 0. The molecule has 1 atom stereocenters. The van der Waals surface area contributed by atoms with Crippen LogP contribution in [0.15, 0.2) is 59.8 Å². The van der Waals surface area contributed by atoms with Crippen LogP contribution in [0.4, 0.5) is 21.9 Å². The number of hydrogen-bond acceptors (Lipinski definition) is 6. The van der Waals surface area contributed by atoms with Crippen LogP contribution in [0.5, 0.6) is 0 Å². The van der Waals surface area contributed by atoms with E-state index in [9.17, 15) is 19.7 Å². The van der Waals surface area contributed by atoms with Gasteiger partial charge >= 0.3 is 6.03 Å². The van der Waals surface area contributed by atoms with Crippen molar-refractivity contribution in [2.24, 2.45) is 0 Å². The molecule has 1 fully saturated rings. The van der Waals surface area contributed by atoms with Crippen molar-refractivity contribution in [3.8, 4) is 0 Å². The SMILES string of the molecule is CC1=C(C(=O)Nc2ccc([N+](=O)[O-])cc2)[C@@H](c2ccc(N3CCOCC3)cc2)NC(=O)N1. The molecule has 2 heterocycles. The highest BCUT2D eigenvalue weighted by atomic mass is 16.6. The number of nitrogens with zero attached hydrogens (tertiary/aromatic N) is 2. The first-order valence-electron chi connectivity index (χ1n) is 10.2. The van der Waals surface area contributed by atoms with Gasteiger partial charge in [0.15, 0.2) is 0 Å². The molecule has 0 spiro atoms. The monoisotopic (exact) mass is 437 g/mol. The fourth-order valence-corrected chi connectivity index (χ4v) is 3.81. The standard InChI is InChI=1S/C22H23N5O5/c1-14-19(21(28)24-16-4-8-18(9-5-16)27(30)31)20(25-22(29)23-14)15-2-6-17(7-3-15)26-10-12-32-13-11-26/h2-9,20H,10-13H2,1H3,(H,24,28)(H2,23,25,29)/t20-/m1/s1. The minimum absolute atomic E-state index is 0.0665. The number of amides is 3. The van der Waals surface area contributed by atoms with Gasteiger partial charge in [-0.15, -0.1) is 0 Å². The van der Waals surface area contributed by atoms with Crippen LogP contribution in [-0.2, 0) is 9.53 Å². The van der Waals surface area contributed by atoms with E-state index >= 15 is 0 Å². The zero-order valence-corrected chi connectivity index (χ0v) is 17.5. The number of carbonyl (C=O) groups excluding carboxylic acids is 2. The second-order valence-electron chi connectivity index (χ2n) is 7.52. The highest BCUT2D eigenvalue weighted by Gasteiger charge is 2.31. The molecule has 3 amide bonds. The number of nitrogens with one attached hydrogen (secondary N) is 3. The molecule has 3 N–H and O–H groups in total. The number of morpholine rings is 1. The minimum atomic E-state index is -0.638. The molecule has 0 bridgehead atoms. The van der Waals surface area contributed by atoms with E-state index in [0.717, 1.165) is 24.3 Å². The Kier molecular flexibility index (Phi) is 6.04. The van der Waals surface area contributed by atoms with E-state index in [1.165, 1.54) is 24.3 Å². The summed E-state index contributed by atoms with van der Waals surface area (Å²) in [7, 11) is 0. The smallest absolute Gasteiger partial charge is 0.319 e. The van der Waals surface area contributed by atoms with Gasteiger partial charge in [-0.2, -0.15) is 0 Å². The van der Waals surface area contributed by atoms with E-state index in [1.54, 1.807) is 6.92 Å². The van der Waals surface area contributed by atoms with Crippen molar-refractivity contribution in [3.05, 3.63) is 75.5 Å². The van der Waals surface area contributed by atoms with E-state index in [4.69, 9.17) is 4.74 Å². The largest absolute Gasteiger partial charge is 0.378 e. The van der Waals surface area contributed by atoms with Crippen molar-refractivity contribution >= 4 is 29.0 Å². The number of allylic oxidation sites excluding steroid dienone is 1. The third kappa shape index (κ3) is 4.54. The first-order valence-corrected chi connectivity index (χ1v) is 10.2. The molecule has 0 aliphatic carbocycles. The van der Waals surface area contributed by atoms with E-state index in [0.29, 0.717) is 30.2 Å². The third-order valence-electron chi connectivity index (χ3n) is 5.45. The van der Waals surface area contributed by atoms with Gasteiger partial charge in [0, 0.05) is 42.3 Å². The summed E-state index contributed by atoms with van der Waals surface area (Å²) in [6, 6.07) is 12.3. The lowest BCUT2D eigenvalue weighted by molar-refractivity contribution is -0.384. The summed E-state index contributed by atoms with van der Waals surface area (Å²) < 4.78 is 5.39. The fourth-order valence-electron chi connectivity index (χ4n) is 3.81. The molecule has 32 heavy (non-hydrogen) atoms. The molecule has 2 aliphatic rings. The topological polar surface area (TPSA) is 126 Å². The zero-order chi connectivity index (χ0) is 22.7. The van der Waals surface area contributed by atoms with Crippen LogP contribution in [0.1, 0.15) is 18.5 Å². The number of carbonyl (C=O) groups is 2. The lowest BCUT2D eigenvalue weighted by Gasteiger charge is -2.31. The predicted molar refractivity (Wildman–Crippen MR) is 118 cm³/mol. The van der Waals surface area contributed by atoms with E-state index in [-0.39, 0.29) is 5.69 Å².